The van der Waals surface area contributed by atoms with E-state index in [1.165, 1.54) is 5.56 Å². The Labute approximate surface area is 120 Å². The Morgan fingerprint density at radius 1 is 1.20 bits per heavy atom. The molecular formula is C17H20N2O. The third kappa shape index (κ3) is 3.44. The van der Waals surface area contributed by atoms with E-state index in [4.69, 9.17) is 0 Å². The first-order valence-corrected chi connectivity index (χ1v) is 6.86. The van der Waals surface area contributed by atoms with Gasteiger partial charge in [0, 0.05) is 18.1 Å². The van der Waals surface area contributed by atoms with Crippen molar-refractivity contribution in [2.45, 2.75) is 33.1 Å². The van der Waals surface area contributed by atoms with Gasteiger partial charge in [-0.2, -0.15) is 0 Å². The van der Waals surface area contributed by atoms with Crippen molar-refractivity contribution in [1.29, 1.82) is 0 Å². The summed E-state index contributed by atoms with van der Waals surface area (Å²) >= 11 is 0. The maximum Gasteiger partial charge on any atom is 0.228 e. The summed E-state index contributed by atoms with van der Waals surface area (Å²) in [4.78, 5) is 16.1. The van der Waals surface area contributed by atoms with Crippen molar-refractivity contribution in [2.24, 2.45) is 0 Å². The Balaban J connectivity index is 2.16. The van der Waals surface area contributed by atoms with Gasteiger partial charge >= 0.3 is 0 Å². The van der Waals surface area contributed by atoms with Gasteiger partial charge in [0.2, 0.25) is 5.91 Å². The minimum atomic E-state index is 0.00685. The fourth-order valence-electron chi connectivity index (χ4n) is 2.21. The van der Waals surface area contributed by atoms with Gasteiger partial charge in [-0.25, -0.2) is 0 Å². The van der Waals surface area contributed by atoms with Gasteiger partial charge in [0.1, 0.15) is 0 Å². The van der Waals surface area contributed by atoms with Gasteiger partial charge in [-0.05, 0) is 41.7 Å². The summed E-state index contributed by atoms with van der Waals surface area (Å²) in [6.07, 6.45) is 3.78. The second-order valence-electron chi connectivity index (χ2n) is 5.27. The van der Waals surface area contributed by atoms with Crippen LogP contribution in [0.25, 0.3) is 0 Å². The summed E-state index contributed by atoms with van der Waals surface area (Å²) in [7, 11) is 0. The van der Waals surface area contributed by atoms with E-state index >= 15 is 0 Å². The molecule has 0 atom stereocenters. The molecule has 2 rings (SSSR count). The van der Waals surface area contributed by atoms with Gasteiger partial charge < -0.3 is 5.32 Å². The molecule has 1 aromatic carbocycles. The van der Waals surface area contributed by atoms with Crippen LogP contribution in [-0.2, 0) is 11.2 Å². The van der Waals surface area contributed by atoms with Crippen LogP contribution < -0.4 is 5.32 Å². The molecule has 20 heavy (non-hydrogen) atoms. The summed E-state index contributed by atoms with van der Waals surface area (Å²) in [6.45, 7) is 6.29. The van der Waals surface area contributed by atoms with Crippen LogP contribution in [0.4, 0.5) is 5.69 Å². The van der Waals surface area contributed by atoms with Crippen molar-refractivity contribution in [2.75, 3.05) is 5.32 Å². The normalized spacial score (nSPS) is 10.6. The number of rotatable bonds is 4. The summed E-state index contributed by atoms with van der Waals surface area (Å²) in [6, 6.07) is 9.85. The number of anilines is 1. The lowest BCUT2D eigenvalue weighted by Gasteiger charge is -2.16. The van der Waals surface area contributed by atoms with E-state index in [-0.39, 0.29) is 5.91 Å². The molecule has 3 nitrogen and oxygen atoms in total. The van der Waals surface area contributed by atoms with Crippen LogP contribution >= 0.6 is 0 Å². The summed E-state index contributed by atoms with van der Waals surface area (Å²) in [5, 5.41) is 3.05. The lowest BCUT2D eigenvalue weighted by molar-refractivity contribution is -0.115. The minimum absolute atomic E-state index is 0.00685. The van der Waals surface area contributed by atoms with Crippen LogP contribution in [-0.4, -0.2) is 10.9 Å². The predicted octanol–water partition coefficient (Wildman–Crippen LogP) is 3.69. The summed E-state index contributed by atoms with van der Waals surface area (Å²) in [5.74, 6) is 0.388. The van der Waals surface area contributed by atoms with Crippen molar-refractivity contribution in [1.82, 2.24) is 4.98 Å². The van der Waals surface area contributed by atoms with E-state index in [1.807, 2.05) is 31.2 Å². The fraction of sp³-hybridized carbons (Fsp3) is 0.294. The molecular weight excluding hydrogens is 248 g/mol. The first-order valence-electron chi connectivity index (χ1n) is 6.86. The molecule has 1 aromatic heterocycles. The average molecular weight is 268 g/mol. The molecule has 1 N–H and O–H groups in total. The van der Waals surface area contributed by atoms with E-state index in [0.29, 0.717) is 12.3 Å². The summed E-state index contributed by atoms with van der Waals surface area (Å²) in [5.41, 5.74) is 4.19. The number of nitrogens with zero attached hydrogens (tertiary/aromatic N) is 1. The zero-order chi connectivity index (χ0) is 14.5. The Kier molecular flexibility index (Phi) is 4.51. The van der Waals surface area contributed by atoms with Crippen LogP contribution in [0.3, 0.4) is 0 Å². The Bertz CT molecular complexity index is 591. The number of hydrogen-bond donors (Lipinski definition) is 1. The van der Waals surface area contributed by atoms with Crippen LogP contribution in [0.1, 0.15) is 36.5 Å². The molecule has 3 heteroatoms. The number of aromatic nitrogens is 1. The minimum Gasteiger partial charge on any atom is -0.325 e. The molecule has 0 aliphatic rings. The quantitative estimate of drug-likeness (QED) is 0.918. The lowest BCUT2D eigenvalue weighted by Crippen LogP contribution is -2.16. The third-order valence-electron chi connectivity index (χ3n) is 3.31. The first-order chi connectivity index (χ1) is 9.58. The number of aryl methyl sites for hydroxylation is 1. The highest BCUT2D eigenvalue weighted by molar-refractivity contribution is 5.93. The molecule has 0 saturated heterocycles. The molecule has 0 aliphatic carbocycles. The molecule has 0 bridgehead atoms. The van der Waals surface area contributed by atoms with Crippen molar-refractivity contribution in [3.8, 4) is 0 Å². The number of benzene rings is 1. The van der Waals surface area contributed by atoms with Gasteiger partial charge in [0.15, 0.2) is 0 Å². The van der Waals surface area contributed by atoms with Crippen LogP contribution in [0, 0.1) is 6.92 Å². The molecule has 1 heterocycles. The van der Waals surface area contributed by atoms with Crippen molar-refractivity contribution in [3.63, 3.8) is 0 Å². The average Bonchev–Trinajstić information content (AvgIpc) is 2.42. The van der Waals surface area contributed by atoms with E-state index in [0.717, 1.165) is 16.8 Å². The van der Waals surface area contributed by atoms with Gasteiger partial charge in [0.05, 0.1) is 6.42 Å². The first kappa shape index (κ1) is 14.3. The van der Waals surface area contributed by atoms with Crippen molar-refractivity contribution in [3.05, 3.63) is 59.4 Å². The Hall–Kier alpha value is -2.16. The third-order valence-corrected chi connectivity index (χ3v) is 3.31. The summed E-state index contributed by atoms with van der Waals surface area (Å²) < 4.78 is 0. The smallest absolute Gasteiger partial charge is 0.228 e. The van der Waals surface area contributed by atoms with Crippen LogP contribution in [0.15, 0.2) is 42.7 Å². The molecule has 1 amide bonds. The van der Waals surface area contributed by atoms with Crippen LogP contribution in [0.5, 0.6) is 0 Å². The maximum absolute atomic E-state index is 12.2. The monoisotopic (exact) mass is 268 g/mol. The zero-order valence-electron chi connectivity index (χ0n) is 12.2. The molecule has 0 saturated carbocycles. The highest BCUT2D eigenvalue weighted by Gasteiger charge is 2.12. The van der Waals surface area contributed by atoms with Gasteiger partial charge in [-0.1, -0.05) is 32.0 Å². The van der Waals surface area contributed by atoms with Crippen molar-refractivity contribution >= 4 is 11.6 Å². The number of hydrogen-bond acceptors (Lipinski definition) is 2. The highest BCUT2D eigenvalue weighted by atomic mass is 16.1. The van der Waals surface area contributed by atoms with Crippen LogP contribution in [0.2, 0.25) is 0 Å². The number of nitrogens with one attached hydrogen (secondary N) is 1. The maximum atomic E-state index is 12.2. The molecule has 104 valence electrons. The number of para-hydroxylation sites is 1. The van der Waals surface area contributed by atoms with Gasteiger partial charge in [0.25, 0.3) is 0 Å². The molecule has 0 aliphatic heterocycles. The van der Waals surface area contributed by atoms with E-state index in [2.05, 4.69) is 30.2 Å². The second kappa shape index (κ2) is 6.33. The standard InChI is InChI=1S/C17H20N2O/c1-12(2)15-6-4-5-13(3)17(15)19-16(20)11-14-7-9-18-10-8-14/h4-10,12H,11H2,1-3H3,(H,19,20). The molecule has 0 radical (unpaired) electrons. The van der Waals surface area contributed by atoms with Gasteiger partial charge in [-0.15, -0.1) is 0 Å². The number of amides is 1. The topological polar surface area (TPSA) is 42.0 Å². The number of pyridine rings is 1. The van der Waals surface area contributed by atoms with E-state index in [9.17, 15) is 4.79 Å². The zero-order valence-corrected chi connectivity index (χ0v) is 12.2. The lowest BCUT2D eigenvalue weighted by atomic mass is 9.98. The van der Waals surface area contributed by atoms with Crippen molar-refractivity contribution < 1.29 is 4.79 Å². The SMILES string of the molecule is Cc1cccc(C(C)C)c1NC(=O)Cc1ccncc1. The van der Waals surface area contributed by atoms with E-state index < -0.39 is 0 Å². The molecule has 2 aromatic rings. The molecule has 0 unspecified atom stereocenters. The second-order valence-corrected chi connectivity index (χ2v) is 5.27. The predicted molar refractivity (Wildman–Crippen MR) is 81.8 cm³/mol. The van der Waals surface area contributed by atoms with Gasteiger partial charge in [-0.3, -0.25) is 9.78 Å². The van der Waals surface area contributed by atoms with E-state index in [1.54, 1.807) is 12.4 Å². The largest absolute Gasteiger partial charge is 0.325 e. The number of carbonyl (C=O) groups excluding carboxylic acids is 1. The Morgan fingerprint density at radius 3 is 2.55 bits per heavy atom. The molecule has 0 fully saturated rings. The number of carbonyl (C=O) groups is 1. The fourth-order valence-corrected chi connectivity index (χ4v) is 2.21. The molecule has 0 spiro atoms. The highest BCUT2D eigenvalue weighted by Crippen LogP contribution is 2.27. The Morgan fingerprint density at radius 2 is 1.90 bits per heavy atom.